The van der Waals surface area contributed by atoms with Crippen molar-refractivity contribution < 1.29 is 4.79 Å². The van der Waals surface area contributed by atoms with Gasteiger partial charge in [-0.15, -0.1) is 0 Å². The fourth-order valence-electron chi connectivity index (χ4n) is 2.18. The van der Waals surface area contributed by atoms with E-state index in [0.717, 1.165) is 31.9 Å². The highest BCUT2D eigenvalue weighted by molar-refractivity contribution is 7.80. The number of piperazine rings is 1. The molecule has 1 amide bonds. The van der Waals surface area contributed by atoms with Crippen LogP contribution in [-0.2, 0) is 4.79 Å². The second kappa shape index (κ2) is 7.76. The minimum atomic E-state index is 0.135. The summed E-state index contributed by atoms with van der Waals surface area (Å²) in [6.45, 7) is 3.78. The van der Waals surface area contributed by atoms with Crippen LogP contribution in [0.3, 0.4) is 0 Å². The van der Waals surface area contributed by atoms with E-state index in [1.54, 1.807) is 19.0 Å². The minimum absolute atomic E-state index is 0.135. The van der Waals surface area contributed by atoms with Gasteiger partial charge < -0.3 is 15.1 Å². The summed E-state index contributed by atoms with van der Waals surface area (Å²) in [5.41, 5.74) is 0.930. The van der Waals surface area contributed by atoms with Gasteiger partial charge in [0.1, 0.15) is 0 Å². The molecule has 120 valence electrons. The highest BCUT2D eigenvalue weighted by Crippen LogP contribution is 2.14. The Morgan fingerprint density at radius 3 is 2.36 bits per heavy atom. The van der Waals surface area contributed by atoms with Gasteiger partial charge in [0, 0.05) is 51.0 Å². The number of halogens is 1. The van der Waals surface area contributed by atoms with Gasteiger partial charge in [0.25, 0.3) is 0 Å². The van der Waals surface area contributed by atoms with Gasteiger partial charge in [0.15, 0.2) is 5.11 Å². The van der Waals surface area contributed by atoms with E-state index in [1.807, 2.05) is 24.3 Å². The maximum atomic E-state index is 11.7. The number of nitrogens with zero attached hydrogens (tertiary/aromatic N) is 3. The molecule has 1 aromatic rings. The average Bonchev–Trinajstić information content (AvgIpc) is 2.50. The molecule has 0 atom stereocenters. The highest BCUT2D eigenvalue weighted by atomic mass is 35.5. The van der Waals surface area contributed by atoms with E-state index in [2.05, 4.69) is 15.1 Å². The van der Waals surface area contributed by atoms with Crippen LogP contribution < -0.4 is 5.32 Å². The Labute approximate surface area is 141 Å². The number of hydrogen-bond acceptors (Lipinski definition) is 3. The lowest BCUT2D eigenvalue weighted by molar-refractivity contribution is -0.130. The molecule has 1 fully saturated rings. The monoisotopic (exact) mass is 340 g/mol. The van der Waals surface area contributed by atoms with E-state index in [4.69, 9.17) is 23.8 Å². The predicted molar refractivity (Wildman–Crippen MR) is 94.4 cm³/mol. The van der Waals surface area contributed by atoms with Gasteiger partial charge in [-0.3, -0.25) is 9.69 Å². The molecule has 1 N–H and O–H groups in total. The normalized spacial score (nSPS) is 15.5. The SMILES string of the molecule is CN(C)C(=O)CN1CCN(C(=S)Nc2ccc(Cl)cc2)CC1. The molecule has 2 rings (SSSR count). The lowest BCUT2D eigenvalue weighted by atomic mass is 10.3. The molecule has 1 aliphatic rings. The standard InChI is InChI=1S/C15H21ClN4OS/c1-18(2)14(21)11-19-7-9-20(10-8-19)15(22)17-13-5-3-12(16)4-6-13/h3-6H,7-11H2,1-2H3,(H,17,22). The van der Waals surface area contributed by atoms with Crippen molar-refractivity contribution in [1.82, 2.24) is 14.7 Å². The molecule has 1 saturated heterocycles. The van der Waals surface area contributed by atoms with Crippen LogP contribution in [0.15, 0.2) is 24.3 Å². The van der Waals surface area contributed by atoms with Gasteiger partial charge in [0.2, 0.25) is 5.91 Å². The molecule has 1 aliphatic heterocycles. The molecule has 0 aliphatic carbocycles. The first-order valence-corrected chi connectivity index (χ1v) is 7.98. The van der Waals surface area contributed by atoms with Crippen molar-refractivity contribution in [3.05, 3.63) is 29.3 Å². The average molecular weight is 341 g/mol. The summed E-state index contributed by atoms with van der Waals surface area (Å²) in [5, 5.41) is 4.63. The minimum Gasteiger partial charge on any atom is -0.348 e. The van der Waals surface area contributed by atoms with Crippen LogP contribution in [-0.4, -0.2) is 72.5 Å². The van der Waals surface area contributed by atoms with Crippen molar-refractivity contribution in [2.75, 3.05) is 52.1 Å². The molecule has 0 saturated carbocycles. The largest absolute Gasteiger partial charge is 0.348 e. The maximum absolute atomic E-state index is 11.7. The summed E-state index contributed by atoms with van der Waals surface area (Å²) in [6, 6.07) is 7.47. The summed E-state index contributed by atoms with van der Waals surface area (Å²) >= 11 is 11.3. The molecule has 7 heteroatoms. The molecule has 0 bridgehead atoms. The third-order valence-corrected chi connectivity index (χ3v) is 4.22. The van der Waals surface area contributed by atoms with Crippen LogP contribution in [0.4, 0.5) is 5.69 Å². The molecule has 1 aromatic carbocycles. The fourth-order valence-corrected chi connectivity index (χ4v) is 2.60. The molecule has 5 nitrogen and oxygen atoms in total. The first kappa shape index (κ1) is 17.0. The number of rotatable bonds is 3. The summed E-state index contributed by atoms with van der Waals surface area (Å²) < 4.78 is 0. The van der Waals surface area contributed by atoms with Crippen molar-refractivity contribution in [2.24, 2.45) is 0 Å². The van der Waals surface area contributed by atoms with E-state index in [0.29, 0.717) is 16.7 Å². The van der Waals surface area contributed by atoms with Crippen LogP contribution in [0.5, 0.6) is 0 Å². The van der Waals surface area contributed by atoms with Crippen molar-refractivity contribution in [1.29, 1.82) is 0 Å². The summed E-state index contributed by atoms with van der Waals surface area (Å²) in [5.74, 6) is 0.135. The first-order valence-electron chi connectivity index (χ1n) is 7.19. The summed E-state index contributed by atoms with van der Waals surface area (Å²) in [6.07, 6.45) is 0. The summed E-state index contributed by atoms with van der Waals surface area (Å²) in [7, 11) is 3.56. The number of hydrogen-bond donors (Lipinski definition) is 1. The van der Waals surface area contributed by atoms with Crippen molar-refractivity contribution in [2.45, 2.75) is 0 Å². The molecular weight excluding hydrogens is 320 g/mol. The maximum Gasteiger partial charge on any atom is 0.236 e. The molecule has 0 aromatic heterocycles. The Balaban J connectivity index is 1.79. The number of likely N-dealkylation sites (N-methyl/N-ethyl adjacent to an activating group) is 1. The lowest BCUT2D eigenvalue weighted by Crippen LogP contribution is -2.51. The van der Waals surface area contributed by atoms with E-state index in [9.17, 15) is 4.79 Å². The quantitative estimate of drug-likeness (QED) is 0.849. The fraction of sp³-hybridized carbons (Fsp3) is 0.467. The van der Waals surface area contributed by atoms with Gasteiger partial charge >= 0.3 is 0 Å². The molecule has 0 radical (unpaired) electrons. The van der Waals surface area contributed by atoms with Crippen LogP contribution >= 0.6 is 23.8 Å². The Morgan fingerprint density at radius 1 is 1.23 bits per heavy atom. The van der Waals surface area contributed by atoms with Crippen LogP contribution in [0.25, 0.3) is 0 Å². The number of carbonyl (C=O) groups is 1. The Morgan fingerprint density at radius 2 is 1.82 bits per heavy atom. The number of nitrogens with one attached hydrogen (secondary N) is 1. The zero-order valence-electron chi connectivity index (χ0n) is 12.9. The first-order chi connectivity index (χ1) is 10.5. The van der Waals surface area contributed by atoms with Gasteiger partial charge in [-0.25, -0.2) is 0 Å². The van der Waals surface area contributed by atoms with Crippen molar-refractivity contribution >= 4 is 40.5 Å². The Kier molecular flexibility index (Phi) is 5.99. The Hall–Kier alpha value is -1.37. The third kappa shape index (κ3) is 4.83. The molecule has 0 unspecified atom stereocenters. The predicted octanol–water partition coefficient (Wildman–Crippen LogP) is 1.74. The molecule has 22 heavy (non-hydrogen) atoms. The molecule has 1 heterocycles. The Bertz CT molecular complexity index is 527. The van der Waals surface area contributed by atoms with Crippen molar-refractivity contribution in [3.8, 4) is 0 Å². The zero-order chi connectivity index (χ0) is 16.1. The highest BCUT2D eigenvalue weighted by Gasteiger charge is 2.21. The topological polar surface area (TPSA) is 38.8 Å². The zero-order valence-corrected chi connectivity index (χ0v) is 14.5. The second-order valence-corrected chi connectivity index (χ2v) is 6.31. The van der Waals surface area contributed by atoms with Crippen molar-refractivity contribution in [3.63, 3.8) is 0 Å². The van der Waals surface area contributed by atoms with Crippen LogP contribution in [0.2, 0.25) is 5.02 Å². The number of amides is 1. The molecular formula is C15H21ClN4OS. The van der Waals surface area contributed by atoms with E-state index >= 15 is 0 Å². The summed E-state index contributed by atoms with van der Waals surface area (Å²) in [4.78, 5) is 17.6. The van der Waals surface area contributed by atoms with Gasteiger partial charge in [-0.2, -0.15) is 0 Å². The van der Waals surface area contributed by atoms with Gasteiger partial charge in [0.05, 0.1) is 6.54 Å². The molecule has 0 spiro atoms. The second-order valence-electron chi connectivity index (χ2n) is 5.49. The lowest BCUT2D eigenvalue weighted by Gasteiger charge is -2.36. The van der Waals surface area contributed by atoms with Gasteiger partial charge in [-0.05, 0) is 36.5 Å². The third-order valence-electron chi connectivity index (χ3n) is 3.61. The number of benzene rings is 1. The number of anilines is 1. The van der Waals surface area contributed by atoms with Gasteiger partial charge in [-0.1, -0.05) is 11.6 Å². The van der Waals surface area contributed by atoms with E-state index < -0.39 is 0 Å². The number of thiocarbonyl (C=S) groups is 1. The van der Waals surface area contributed by atoms with Crippen LogP contribution in [0, 0.1) is 0 Å². The smallest absolute Gasteiger partial charge is 0.236 e. The van der Waals surface area contributed by atoms with E-state index in [-0.39, 0.29) is 5.91 Å². The van der Waals surface area contributed by atoms with Crippen LogP contribution in [0.1, 0.15) is 0 Å². The van der Waals surface area contributed by atoms with E-state index in [1.165, 1.54) is 0 Å². The number of carbonyl (C=O) groups excluding carboxylic acids is 1.